The maximum absolute atomic E-state index is 11.9. The van der Waals surface area contributed by atoms with E-state index < -0.39 is 6.04 Å². The second-order valence-corrected chi connectivity index (χ2v) is 8.37. The molecule has 0 spiro atoms. The van der Waals surface area contributed by atoms with Crippen molar-refractivity contribution in [1.82, 2.24) is 9.88 Å². The summed E-state index contributed by atoms with van der Waals surface area (Å²) in [6.07, 6.45) is 4.49. The molecule has 7 heteroatoms. The molecule has 3 heterocycles. The number of methoxy groups -OCH3 is 2. The molecule has 2 aliphatic heterocycles. The fourth-order valence-corrected chi connectivity index (χ4v) is 4.66. The van der Waals surface area contributed by atoms with Crippen LogP contribution in [0.5, 0.6) is 11.5 Å². The second kappa shape index (κ2) is 8.67. The van der Waals surface area contributed by atoms with Gasteiger partial charge in [0.25, 0.3) is 0 Å². The van der Waals surface area contributed by atoms with E-state index in [1.165, 1.54) is 31.6 Å². The summed E-state index contributed by atoms with van der Waals surface area (Å²) in [4.78, 5) is 22.6. The van der Waals surface area contributed by atoms with Gasteiger partial charge in [-0.05, 0) is 50.2 Å². The molecule has 0 saturated carbocycles. The quantitative estimate of drug-likeness (QED) is 0.553. The van der Waals surface area contributed by atoms with Crippen LogP contribution in [-0.4, -0.2) is 55.9 Å². The van der Waals surface area contributed by atoms with Crippen molar-refractivity contribution in [2.45, 2.75) is 25.3 Å². The number of aromatic amines is 1. The molecule has 0 aliphatic carbocycles. The number of amidine groups is 1. The first-order chi connectivity index (χ1) is 15.7. The van der Waals surface area contributed by atoms with Crippen LogP contribution >= 0.6 is 0 Å². The Hall–Kier alpha value is -3.32. The molecular weight excluding hydrogens is 404 g/mol. The number of benzene rings is 2. The van der Waals surface area contributed by atoms with Crippen molar-refractivity contribution in [2.24, 2.45) is 4.99 Å². The number of H-pyrrole nitrogens is 1. The van der Waals surface area contributed by atoms with Crippen molar-refractivity contribution in [2.75, 3.05) is 39.2 Å². The van der Waals surface area contributed by atoms with Crippen molar-refractivity contribution in [3.63, 3.8) is 0 Å². The van der Waals surface area contributed by atoms with Crippen LogP contribution in [0, 0.1) is 0 Å². The average Bonchev–Trinajstić information content (AvgIpc) is 3.49. The summed E-state index contributed by atoms with van der Waals surface area (Å²) in [6, 6.07) is 11.4. The fraction of sp³-hybridized carbons (Fsp3) is 0.360. The molecule has 7 nitrogen and oxygen atoms in total. The molecule has 2 N–H and O–H groups in total. The van der Waals surface area contributed by atoms with Crippen molar-refractivity contribution >= 4 is 28.7 Å². The Labute approximate surface area is 187 Å². The summed E-state index contributed by atoms with van der Waals surface area (Å²) in [5.74, 6) is 1.89. The third kappa shape index (κ3) is 3.84. The Kier molecular flexibility index (Phi) is 5.57. The number of likely N-dealkylation sites (tertiary alicyclic amines) is 1. The highest BCUT2D eigenvalue weighted by atomic mass is 16.5. The van der Waals surface area contributed by atoms with Crippen LogP contribution in [-0.2, 0) is 11.2 Å². The van der Waals surface area contributed by atoms with Gasteiger partial charge in [0.15, 0.2) is 0 Å². The molecule has 0 bridgehead atoms. The third-order valence-corrected chi connectivity index (χ3v) is 6.36. The predicted molar refractivity (Wildman–Crippen MR) is 126 cm³/mol. The Morgan fingerprint density at radius 3 is 2.72 bits per heavy atom. The van der Waals surface area contributed by atoms with Gasteiger partial charge in [0.05, 0.1) is 19.9 Å². The molecule has 1 fully saturated rings. The van der Waals surface area contributed by atoms with Gasteiger partial charge < -0.3 is 29.5 Å². The largest absolute Gasteiger partial charge is 0.497 e. The zero-order valence-electron chi connectivity index (χ0n) is 18.5. The number of rotatable bonds is 7. The average molecular weight is 433 g/mol. The summed E-state index contributed by atoms with van der Waals surface area (Å²) >= 11 is 0. The van der Waals surface area contributed by atoms with Crippen molar-refractivity contribution in [3.05, 3.63) is 53.2 Å². The number of hydrogen-bond donors (Lipinski definition) is 2. The molecule has 1 aromatic heterocycles. The van der Waals surface area contributed by atoms with E-state index >= 15 is 0 Å². The van der Waals surface area contributed by atoms with E-state index in [0.29, 0.717) is 17.3 Å². The maximum atomic E-state index is 11.9. The van der Waals surface area contributed by atoms with Gasteiger partial charge in [-0.3, -0.25) is 4.99 Å². The summed E-state index contributed by atoms with van der Waals surface area (Å²) in [7, 11) is 3.19. The molecule has 3 aromatic rings. The number of ether oxygens (including phenoxy) is 2. The van der Waals surface area contributed by atoms with E-state index in [0.717, 1.165) is 47.0 Å². The summed E-state index contributed by atoms with van der Waals surface area (Å²) in [6.45, 7) is 3.52. The summed E-state index contributed by atoms with van der Waals surface area (Å²) in [5, 5.41) is 4.51. The molecule has 5 rings (SSSR count). The smallest absolute Gasteiger partial charge is 0.149 e. The molecule has 32 heavy (non-hydrogen) atoms. The van der Waals surface area contributed by atoms with E-state index in [1.54, 1.807) is 20.3 Å². The molecule has 1 saturated heterocycles. The monoisotopic (exact) mass is 432 g/mol. The molecule has 2 aromatic carbocycles. The highest BCUT2D eigenvalue weighted by Crippen LogP contribution is 2.40. The Morgan fingerprint density at radius 1 is 1.12 bits per heavy atom. The van der Waals surface area contributed by atoms with Gasteiger partial charge in [-0.1, -0.05) is 0 Å². The first-order valence-corrected chi connectivity index (χ1v) is 11.1. The first-order valence-electron chi connectivity index (χ1n) is 11.1. The van der Waals surface area contributed by atoms with Crippen LogP contribution in [0.15, 0.2) is 41.4 Å². The lowest BCUT2D eigenvalue weighted by Crippen LogP contribution is -2.22. The number of nitrogens with one attached hydrogen (secondary N) is 2. The second-order valence-electron chi connectivity index (χ2n) is 8.37. The van der Waals surface area contributed by atoms with Gasteiger partial charge in [0.2, 0.25) is 0 Å². The van der Waals surface area contributed by atoms with Crippen LogP contribution in [0.4, 0.5) is 5.69 Å². The zero-order chi connectivity index (χ0) is 22.1. The minimum atomic E-state index is -0.639. The lowest BCUT2D eigenvalue weighted by molar-refractivity contribution is -0.108. The summed E-state index contributed by atoms with van der Waals surface area (Å²) < 4.78 is 10.9. The van der Waals surface area contributed by atoms with Crippen molar-refractivity contribution in [3.8, 4) is 11.5 Å². The van der Waals surface area contributed by atoms with Crippen molar-refractivity contribution < 1.29 is 14.3 Å². The molecule has 166 valence electrons. The van der Waals surface area contributed by atoms with Gasteiger partial charge in [0, 0.05) is 52.8 Å². The van der Waals surface area contributed by atoms with Gasteiger partial charge in [-0.2, -0.15) is 0 Å². The molecule has 2 aliphatic rings. The number of aldehydes is 1. The molecule has 1 atom stereocenters. The highest BCUT2D eigenvalue weighted by Gasteiger charge is 2.27. The SMILES string of the molecule is COc1cc2c(c(OC)c1)C(C=O)N=C(c1ccc3[nH]c(CCN4CCCC4)cc3c1)N2. The minimum Gasteiger partial charge on any atom is -0.497 e. The third-order valence-electron chi connectivity index (χ3n) is 6.36. The predicted octanol–water partition coefficient (Wildman–Crippen LogP) is 3.94. The van der Waals surface area contributed by atoms with Gasteiger partial charge >= 0.3 is 0 Å². The van der Waals surface area contributed by atoms with Crippen LogP contribution in [0.1, 0.15) is 35.7 Å². The van der Waals surface area contributed by atoms with E-state index in [1.807, 2.05) is 12.1 Å². The summed E-state index contributed by atoms with van der Waals surface area (Å²) in [5.41, 5.74) is 4.77. The minimum absolute atomic E-state index is 0.579. The fourth-order valence-electron chi connectivity index (χ4n) is 4.66. The number of carbonyl (C=O) groups is 1. The van der Waals surface area contributed by atoms with E-state index in [9.17, 15) is 4.79 Å². The standard InChI is InChI=1S/C25H28N4O3/c1-31-19-13-21-24(23(14-19)32-2)22(15-30)28-25(27-21)16-5-6-20-17(11-16)12-18(26-20)7-10-29-8-3-4-9-29/h5-6,11-15,22,26H,3-4,7-10H2,1-2H3,(H,27,28). The van der Waals surface area contributed by atoms with Gasteiger partial charge in [-0.15, -0.1) is 0 Å². The van der Waals surface area contributed by atoms with Crippen LogP contribution in [0.2, 0.25) is 0 Å². The highest BCUT2D eigenvalue weighted by molar-refractivity contribution is 6.12. The number of hydrogen-bond acceptors (Lipinski definition) is 6. The number of nitrogens with zero attached hydrogens (tertiary/aromatic N) is 2. The molecule has 0 amide bonds. The molecule has 1 unspecified atom stereocenters. The normalized spacial score (nSPS) is 18.2. The zero-order valence-corrected chi connectivity index (χ0v) is 18.5. The Morgan fingerprint density at radius 2 is 1.97 bits per heavy atom. The van der Waals surface area contributed by atoms with Crippen LogP contribution in [0.25, 0.3) is 10.9 Å². The van der Waals surface area contributed by atoms with Crippen molar-refractivity contribution in [1.29, 1.82) is 0 Å². The Bertz CT molecular complexity index is 1180. The lowest BCUT2D eigenvalue weighted by Gasteiger charge is -2.25. The maximum Gasteiger partial charge on any atom is 0.149 e. The first kappa shape index (κ1) is 20.6. The Balaban J connectivity index is 1.43. The van der Waals surface area contributed by atoms with E-state index in [2.05, 4.69) is 38.4 Å². The van der Waals surface area contributed by atoms with Gasteiger partial charge in [0.1, 0.15) is 29.7 Å². The van der Waals surface area contributed by atoms with E-state index in [-0.39, 0.29) is 0 Å². The van der Waals surface area contributed by atoms with Crippen LogP contribution < -0.4 is 14.8 Å². The number of fused-ring (bicyclic) bond motifs is 2. The lowest BCUT2D eigenvalue weighted by atomic mass is 10.0. The van der Waals surface area contributed by atoms with Gasteiger partial charge in [-0.25, -0.2) is 0 Å². The number of aromatic nitrogens is 1. The molecule has 0 radical (unpaired) electrons. The topological polar surface area (TPSA) is 79.0 Å². The molecular formula is C25H28N4O3. The number of carbonyl (C=O) groups excluding carboxylic acids is 1. The number of anilines is 1. The van der Waals surface area contributed by atoms with E-state index in [4.69, 9.17) is 9.47 Å². The van der Waals surface area contributed by atoms with Crippen LogP contribution in [0.3, 0.4) is 0 Å². The number of aliphatic imine (C=N–C) groups is 1.